The van der Waals surface area contributed by atoms with Gasteiger partial charge in [-0.3, -0.25) is 4.79 Å². The number of benzene rings is 1. The average Bonchev–Trinajstić information content (AvgIpc) is 3.11. The first-order valence-corrected chi connectivity index (χ1v) is 9.26. The zero-order valence-electron chi connectivity index (χ0n) is 15.8. The molecule has 0 aromatic heterocycles. The lowest BCUT2D eigenvalue weighted by atomic mass is 9.96. The number of allylic oxidation sites excluding steroid dienone is 2. The Morgan fingerprint density at radius 1 is 1.26 bits per heavy atom. The van der Waals surface area contributed by atoms with E-state index >= 15 is 0 Å². The van der Waals surface area contributed by atoms with Crippen molar-refractivity contribution in [3.8, 4) is 0 Å². The van der Waals surface area contributed by atoms with Crippen molar-refractivity contribution in [2.75, 3.05) is 26.2 Å². The lowest BCUT2D eigenvalue weighted by Gasteiger charge is -2.35. The van der Waals surface area contributed by atoms with E-state index in [1.165, 1.54) is 6.07 Å². The number of rotatable bonds is 5. The minimum Gasteiger partial charge on any atom is -0.371 e. The van der Waals surface area contributed by atoms with Crippen LogP contribution in [-0.4, -0.2) is 48.2 Å². The number of hydrogen-bond acceptors (Lipinski definition) is 4. The predicted molar refractivity (Wildman–Crippen MR) is 106 cm³/mol. The third-order valence-electron chi connectivity index (χ3n) is 4.87. The van der Waals surface area contributed by atoms with Gasteiger partial charge in [0.05, 0.1) is 0 Å². The smallest absolute Gasteiger partial charge is 0.209 e. The highest BCUT2D eigenvalue weighted by Crippen LogP contribution is 2.33. The van der Waals surface area contributed by atoms with E-state index in [2.05, 4.69) is 22.1 Å². The van der Waals surface area contributed by atoms with Crippen LogP contribution < -0.4 is 5.32 Å². The van der Waals surface area contributed by atoms with E-state index in [-0.39, 0.29) is 5.82 Å². The van der Waals surface area contributed by atoms with Crippen molar-refractivity contribution in [3.63, 3.8) is 0 Å². The van der Waals surface area contributed by atoms with Gasteiger partial charge in [0.1, 0.15) is 11.7 Å². The van der Waals surface area contributed by atoms with Crippen LogP contribution in [0, 0.1) is 5.82 Å². The number of halogens is 1. The van der Waals surface area contributed by atoms with Gasteiger partial charge in [-0.2, -0.15) is 0 Å². The van der Waals surface area contributed by atoms with Crippen LogP contribution in [0.3, 0.4) is 0 Å². The summed E-state index contributed by atoms with van der Waals surface area (Å²) in [5.41, 5.74) is 3.25. The van der Waals surface area contributed by atoms with Crippen molar-refractivity contribution in [1.82, 2.24) is 15.1 Å². The first-order chi connectivity index (χ1) is 13.2. The second-order valence-corrected chi connectivity index (χ2v) is 6.54. The number of carbonyl (C=O) groups is 1. The first kappa shape index (κ1) is 18.9. The zero-order chi connectivity index (χ0) is 19.2. The Balaban J connectivity index is 1.94. The highest BCUT2D eigenvalue weighted by Gasteiger charge is 2.26. The molecule has 0 spiro atoms. The molecule has 1 saturated heterocycles. The van der Waals surface area contributed by atoms with Crippen LogP contribution in [0.25, 0.3) is 5.57 Å². The molecule has 0 unspecified atom stereocenters. The van der Waals surface area contributed by atoms with Crippen molar-refractivity contribution in [2.45, 2.75) is 20.3 Å². The summed E-state index contributed by atoms with van der Waals surface area (Å²) < 4.78 is 14.4. The molecule has 2 aliphatic heterocycles. The largest absolute Gasteiger partial charge is 0.371 e. The van der Waals surface area contributed by atoms with Crippen molar-refractivity contribution < 1.29 is 9.18 Å². The number of piperazine rings is 1. The van der Waals surface area contributed by atoms with Gasteiger partial charge in [0.25, 0.3) is 0 Å². The molecule has 3 rings (SSSR count). The van der Waals surface area contributed by atoms with Crippen LogP contribution in [0.2, 0.25) is 0 Å². The molecule has 0 radical (unpaired) electrons. The van der Waals surface area contributed by atoms with E-state index in [1.807, 2.05) is 25.3 Å². The Morgan fingerprint density at radius 3 is 2.67 bits per heavy atom. The Bertz CT molecular complexity index is 817. The SMILES string of the molecule is CC/C=C/NC1=NC=C(c2ccccc2F)/C1=C(/C)N1CCN(C=O)CC1. The Hall–Kier alpha value is -2.89. The summed E-state index contributed by atoms with van der Waals surface area (Å²) in [6, 6.07) is 6.76. The van der Waals surface area contributed by atoms with Gasteiger partial charge in [0.2, 0.25) is 6.41 Å². The molecular formula is C21H25FN4O. The van der Waals surface area contributed by atoms with Gasteiger partial charge in [-0.05, 0) is 25.6 Å². The summed E-state index contributed by atoms with van der Waals surface area (Å²) in [6.45, 7) is 6.96. The lowest BCUT2D eigenvalue weighted by Crippen LogP contribution is -2.45. The average molecular weight is 368 g/mol. The van der Waals surface area contributed by atoms with Gasteiger partial charge in [0.15, 0.2) is 0 Å². The van der Waals surface area contributed by atoms with Gasteiger partial charge in [-0.25, -0.2) is 9.38 Å². The molecule has 2 aliphatic rings. The Morgan fingerprint density at radius 2 is 2.00 bits per heavy atom. The standard InChI is InChI=1S/C21H25FN4O/c1-3-4-9-23-21-20(16(2)26-12-10-25(15-27)11-13-26)18(14-24-21)17-7-5-6-8-19(17)22/h4-9,14-15H,3,10-13H2,1-2H3,(H,23,24)/b9-4+,20-16+. The topological polar surface area (TPSA) is 47.9 Å². The molecule has 1 aromatic rings. The second-order valence-electron chi connectivity index (χ2n) is 6.54. The highest BCUT2D eigenvalue weighted by molar-refractivity contribution is 6.16. The summed E-state index contributed by atoms with van der Waals surface area (Å²) in [4.78, 5) is 19.5. The van der Waals surface area contributed by atoms with Crippen LogP contribution >= 0.6 is 0 Å². The maximum Gasteiger partial charge on any atom is 0.209 e. The predicted octanol–water partition coefficient (Wildman–Crippen LogP) is 3.14. The van der Waals surface area contributed by atoms with Gasteiger partial charge >= 0.3 is 0 Å². The van der Waals surface area contributed by atoms with Crippen LogP contribution in [0.1, 0.15) is 25.8 Å². The number of hydrogen-bond donors (Lipinski definition) is 1. The fourth-order valence-electron chi connectivity index (χ4n) is 3.32. The van der Waals surface area contributed by atoms with Crippen LogP contribution in [-0.2, 0) is 4.79 Å². The molecule has 2 heterocycles. The fraction of sp³-hybridized carbons (Fsp3) is 0.333. The molecule has 0 bridgehead atoms. The highest BCUT2D eigenvalue weighted by atomic mass is 19.1. The summed E-state index contributed by atoms with van der Waals surface area (Å²) in [5, 5.41) is 3.24. The molecule has 6 heteroatoms. The van der Waals surface area contributed by atoms with E-state index in [4.69, 9.17) is 0 Å². The molecule has 142 valence electrons. The molecule has 0 aliphatic carbocycles. The number of amides is 1. The van der Waals surface area contributed by atoms with Crippen molar-refractivity contribution >= 4 is 17.8 Å². The second kappa shape index (κ2) is 8.66. The number of carbonyl (C=O) groups excluding carboxylic acids is 1. The first-order valence-electron chi connectivity index (χ1n) is 9.26. The minimum absolute atomic E-state index is 0.264. The van der Waals surface area contributed by atoms with Crippen molar-refractivity contribution in [3.05, 3.63) is 65.4 Å². The maximum absolute atomic E-state index is 14.4. The third kappa shape index (κ3) is 4.10. The summed E-state index contributed by atoms with van der Waals surface area (Å²) in [6.07, 6.45) is 7.42. The maximum atomic E-state index is 14.4. The Labute approximate surface area is 159 Å². The number of amidine groups is 1. The number of nitrogens with one attached hydrogen (secondary N) is 1. The molecule has 1 aromatic carbocycles. The van der Waals surface area contributed by atoms with Gasteiger partial charge in [-0.15, -0.1) is 0 Å². The van der Waals surface area contributed by atoms with Crippen molar-refractivity contribution in [1.29, 1.82) is 0 Å². The summed E-state index contributed by atoms with van der Waals surface area (Å²) in [7, 11) is 0. The zero-order valence-corrected chi connectivity index (χ0v) is 15.8. The summed E-state index contributed by atoms with van der Waals surface area (Å²) in [5.74, 6) is 0.452. The molecule has 1 amide bonds. The third-order valence-corrected chi connectivity index (χ3v) is 4.87. The molecular weight excluding hydrogens is 343 g/mol. The fourth-order valence-corrected chi connectivity index (χ4v) is 3.32. The summed E-state index contributed by atoms with van der Waals surface area (Å²) >= 11 is 0. The molecule has 5 nitrogen and oxygen atoms in total. The van der Waals surface area contributed by atoms with E-state index in [9.17, 15) is 9.18 Å². The normalized spacial score (nSPS) is 19.2. The van der Waals surface area contributed by atoms with E-state index in [0.717, 1.165) is 42.8 Å². The lowest BCUT2D eigenvalue weighted by molar-refractivity contribution is -0.119. The minimum atomic E-state index is -0.264. The van der Waals surface area contributed by atoms with Crippen LogP contribution in [0.5, 0.6) is 0 Å². The van der Waals surface area contributed by atoms with E-state index < -0.39 is 0 Å². The van der Waals surface area contributed by atoms with Crippen molar-refractivity contribution in [2.24, 2.45) is 4.99 Å². The van der Waals surface area contributed by atoms with Gasteiger partial charge < -0.3 is 15.1 Å². The molecule has 0 atom stereocenters. The molecule has 1 N–H and O–H groups in total. The number of aliphatic imine (C=N–C) groups is 1. The van der Waals surface area contributed by atoms with E-state index in [0.29, 0.717) is 24.5 Å². The quantitative estimate of drug-likeness (QED) is 0.813. The van der Waals surface area contributed by atoms with Crippen LogP contribution in [0.4, 0.5) is 4.39 Å². The Kier molecular flexibility index (Phi) is 6.06. The van der Waals surface area contributed by atoms with Crippen LogP contribution in [0.15, 0.2) is 59.0 Å². The monoisotopic (exact) mass is 368 g/mol. The van der Waals surface area contributed by atoms with Gasteiger partial charge in [0, 0.05) is 54.8 Å². The van der Waals surface area contributed by atoms with Gasteiger partial charge in [-0.1, -0.05) is 31.2 Å². The molecule has 0 saturated carbocycles. The van der Waals surface area contributed by atoms with E-state index in [1.54, 1.807) is 23.2 Å². The molecule has 27 heavy (non-hydrogen) atoms. The number of nitrogens with zero attached hydrogens (tertiary/aromatic N) is 3. The molecule has 1 fully saturated rings.